The van der Waals surface area contributed by atoms with Gasteiger partial charge in [0.2, 0.25) is 0 Å². The van der Waals surface area contributed by atoms with Gasteiger partial charge in [-0.05, 0) is 24.6 Å². The Morgan fingerprint density at radius 3 is 2.14 bits per heavy atom. The van der Waals surface area contributed by atoms with Gasteiger partial charge in [-0.15, -0.1) is 0 Å². The summed E-state index contributed by atoms with van der Waals surface area (Å²) >= 11 is 0. The van der Waals surface area contributed by atoms with Crippen LogP contribution >= 0.6 is 0 Å². The third kappa shape index (κ3) is 3.88. The maximum absolute atomic E-state index is 13.4. The third-order valence-electron chi connectivity index (χ3n) is 2.98. The zero-order chi connectivity index (χ0) is 16.1. The molecule has 2 aromatic rings. The average Bonchev–Trinajstić information content (AvgIpc) is 2.50. The molecular weight excluding hydrogens is 290 g/mol. The van der Waals surface area contributed by atoms with Gasteiger partial charge in [-0.2, -0.15) is 0 Å². The molecule has 114 valence electrons. The molecule has 0 saturated carbocycles. The quantitative estimate of drug-likeness (QED) is 0.856. The summed E-state index contributed by atoms with van der Waals surface area (Å²) in [7, 11) is 0. The summed E-state index contributed by atoms with van der Waals surface area (Å²) in [4.78, 5) is 23.3. The van der Waals surface area contributed by atoms with Crippen LogP contribution in [0.2, 0.25) is 0 Å². The lowest BCUT2D eigenvalue weighted by atomic mass is 10.1. The fourth-order valence-corrected chi connectivity index (χ4v) is 1.76. The SMILES string of the molecule is Cc1ccc(CNC(=O)C(=O)Nc2c(F)cccc2F)cc1. The molecule has 4 nitrogen and oxygen atoms in total. The number of para-hydroxylation sites is 1. The minimum Gasteiger partial charge on any atom is -0.344 e. The standard InChI is InChI=1S/C16H14F2N2O2/c1-10-5-7-11(8-6-10)9-19-15(21)16(22)20-14-12(17)3-2-4-13(14)18/h2-8H,9H2,1H3,(H,19,21)(H,20,22). The number of hydrogen-bond donors (Lipinski definition) is 2. The van der Waals surface area contributed by atoms with Crippen LogP contribution in [0.15, 0.2) is 42.5 Å². The number of benzene rings is 2. The van der Waals surface area contributed by atoms with Gasteiger partial charge in [-0.3, -0.25) is 9.59 Å². The van der Waals surface area contributed by atoms with Crippen molar-refractivity contribution >= 4 is 17.5 Å². The van der Waals surface area contributed by atoms with Gasteiger partial charge in [0.1, 0.15) is 17.3 Å². The van der Waals surface area contributed by atoms with Gasteiger partial charge in [0.25, 0.3) is 0 Å². The van der Waals surface area contributed by atoms with Crippen LogP contribution in [0.3, 0.4) is 0 Å². The summed E-state index contributed by atoms with van der Waals surface area (Å²) in [5, 5.41) is 4.30. The molecule has 2 aromatic carbocycles. The van der Waals surface area contributed by atoms with E-state index in [1.54, 1.807) is 0 Å². The number of hydrogen-bond acceptors (Lipinski definition) is 2. The number of carbonyl (C=O) groups is 2. The van der Waals surface area contributed by atoms with Gasteiger partial charge in [-0.1, -0.05) is 35.9 Å². The van der Waals surface area contributed by atoms with Crippen LogP contribution in [-0.4, -0.2) is 11.8 Å². The first kappa shape index (κ1) is 15.6. The molecule has 0 atom stereocenters. The predicted molar refractivity (Wildman–Crippen MR) is 78.0 cm³/mol. The maximum atomic E-state index is 13.4. The lowest BCUT2D eigenvalue weighted by Gasteiger charge is -2.08. The zero-order valence-electron chi connectivity index (χ0n) is 11.8. The zero-order valence-corrected chi connectivity index (χ0v) is 11.8. The van der Waals surface area contributed by atoms with Gasteiger partial charge in [0.05, 0.1) is 0 Å². The molecule has 0 spiro atoms. The Bertz CT molecular complexity index is 680. The predicted octanol–water partition coefficient (Wildman–Crippen LogP) is 2.53. The number of halogens is 2. The van der Waals surface area contributed by atoms with Crippen molar-refractivity contribution in [3.05, 3.63) is 65.2 Å². The van der Waals surface area contributed by atoms with Crippen molar-refractivity contribution in [3.8, 4) is 0 Å². The molecule has 0 fully saturated rings. The Morgan fingerprint density at radius 1 is 0.955 bits per heavy atom. The lowest BCUT2D eigenvalue weighted by Crippen LogP contribution is -2.35. The minimum absolute atomic E-state index is 0.145. The molecule has 2 amide bonds. The molecule has 0 aromatic heterocycles. The number of anilines is 1. The number of amides is 2. The summed E-state index contributed by atoms with van der Waals surface area (Å²) in [6.45, 7) is 2.07. The van der Waals surface area contributed by atoms with Crippen molar-refractivity contribution in [2.75, 3.05) is 5.32 Å². The van der Waals surface area contributed by atoms with E-state index < -0.39 is 29.1 Å². The van der Waals surface area contributed by atoms with Crippen LogP contribution in [-0.2, 0) is 16.1 Å². The molecule has 6 heteroatoms. The normalized spacial score (nSPS) is 10.1. The van der Waals surface area contributed by atoms with Crippen LogP contribution in [0.4, 0.5) is 14.5 Å². The number of aryl methyl sites for hydroxylation is 1. The van der Waals surface area contributed by atoms with Gasteiger partial charge in [-0.25, -0.2) is 8.78 Å². The fourth-order valence-electron chi connectivity index (χ4n) is 1.76. The van der Waals surface area contributed by atoms with E-state index in [-0.39, 0.29) is 6.54 Å². The van der Waals surface area contributed by atoms with E-state index in [2.05, 4.69) is 5.32 Å². The van der Waals surface area contributed by atoms with E-state index in [0.29, 0.717) is 0 Å². The molecule has 0 heterocycles. The molecule has 0 aliphatic rings. The molecule has 0 saturated heterocycles. The van der Waals surface area contributed by atoms with Crippen LogP contribution < -0.4 is 10.6 Å². The Morgan fingerprint density at radius 2 is 1.55 bits per heavy atom. The minimum atomic E-state index is -1.13. The smallest absolute Gasteiger partial charge is 0.313 e. The van der Waals surface area contributed by atoms with Crippen molar-refractivity contribution < 1.29 is 18.4 Å². The molecule has 0 aliphatic heterocycles. The molecular formula is C16H14F2N2O2. The average molecular weight is 304 g/mol. The topological polar surface area (TPSA) is 58.2 Å². The number of nitrogens with one attached hydrogen (secondary N) is 2. The molecule has 22 heavy (non-hydrogen) atoms. The Hall–Kier alpha value is -2.76. The molecule has 0 radical (unpaired) electrons. The second kappa shape index (κ2) is 6.80. The van der Waals surface area contributed by atoms with Gasteiger partial charge in [0, 0.05) is 6.54 Å². The second-order valence-corrected chi connectivity index (χ2v) is 4.72. The highest BCUT2D eigenvalue weighted by atomic mass is 19.1. The van der Waals surface area contributed by atoms with Crippen LogP contribution in [0.1, 0.15) is 11.1 Å². The Labute approximate surface area is 126 Å². The summed E-state index contributed by atoms with van der Waals surface area (Å²) < 4.78 is 26.8. The van der Waals surface area contributed by atoms with Gasteiger partial charge < -0.3 is 10.6 Å². The highest BCUT2D eigenvalue weighted by Crippen LogP contribution is 2.17. The molecule has 2 N–H and O–H groups in total. The van der Waals surface area contributed by atoms with Gasteiger partial charge >= 0.3 is 11.8 Å². The monoisotopic (exact) mass is 304 g/mol. The first-order valence-corrected chi connectivity index (χ1v) is 6.56. The first-order valence-electron chi connectivity index (χ1n) is 6.56. The van der Waals surface area contributed by atoms with E-state index >= 15 is 0 Å². The summed E-state index contributed by atoms with van der Waals surface area (Å²) in [6, 6.07) is 10.5. The number of carbonyl (C=O) groups excluding carboxylic acids is 2. The third-order valence-corrected chi connectivity index (χ3v) is 2.98. The van der Waals surface area contributed by atoms with Crippen molar-refractivity contribution in [1.82, 2.24) is 5.32 Å². The highest BCUT2D eigenvalue weighted by molar-refractivity contribution is 6.39. The van der Waals surface area contributed by atoms with Crippen molar-refractivity contribution in [3.63, 3.8) is 0 Å². The fraction of sp³-hybridized carbons (Fsp3) is 0.125. The molecule has 0 bridgehead atoms. The van der Waals surface area contributed by atoms with Crippen LogP contribution in [0, 0.1) is 18.6 Å². The van der Waals surface area contributed by atoms with Crippen LogP contribution in [0.5, 0.6) is 0 Å². The van der Waals surface area contributed by atoms with Gasteiger partial charge in [0.15, 0.2) is 0 Å². The van der Waals surface area contributed by atoms with E-state index in [9.17, 15) is 18.4 Å². The van der Waals surface area contributed by atoms with Crippen molar-refractivity contribution in [2.45, 2.75) is 13.5 Å². The van der Waals surface area contributed by atoms with Crippen molar-refractivity contribution in [1.29, 1.82) is 0 Å². The summed E-state index contributed by atoms with van der Waals surface area (Å²) in [5.74, 6) is -3.99. The molecule has 0 aliphatic carbocycles. The second-order valence-electron chi connectivity index (χ2n) is 4.72. The first-order chi connectivity index (χ1) is 10.5. The molecule has 2 rings (SSSR count). The van der Waals surface area contributed by atoms with E-state index in [0.717, 1.165) is 29.3 Å². The molecule has 0 unspecified atom stereocenters. The van der Waals surface area contributed by atoms with Crippen LogP contribution in [0.25, 0.3) is 0 Å². The Kier molecular flexibility index (Phi) is 4.83. The summed E-state index contributed by atoms with van der Waals surface area (Å²) in [5.41, 5.74) is 1.24. The van der Waals surface area contributed by atoms with E-state index in [4.69, 9.17) is 0 Å². The largest absolute Gasteiger partial charge is 0.344 e. The number of rotatable bonds is 3. The van der Waals surface area contributed by atoms with E-state index in [1.165, 1.54) is 0 Å². The lowest BCUT2D eigenvalue weighted by molar-refractivity contribution is -0.136. The Balaban J connectivity index is 1.95. The maximum Gasteiger partial charge on any atom is 0.313 e. The highest BCUT2D eigenvalue weighted by Gasteiger charge is 2.17. The van der Waals surface area contributed by atoms with E-state index in [1.807, 2.05) is 36.5 Å². The van der Waals surface area contributed by atoms with Crippen molar-refractivity contribution in [2.24, 2.45) is 0 Å². The summed E-state index contributed by atoms with van der Waals surface area (Å²) in [6.07, 6.45) is 0.